The first-order valence-electron chi connectivity index (χ1n) is 5.57. The average molecular weight is 392 g/mol. The average Bonchev–Trinajstić information content (AvgIpc) is 2.39. The van der Waals surface area contributed by atoms with Crippen molar-refractivity contribution < 1.29 is 9.90 Å². The molecule has 20 heavy (non-hydrogen) atoms. The van der Waals surface area contributed by atoms with Crippen LogP contribution < -0.4 is 0 Å². The van der Waals surface area contributed by atoms with E-state index in [-0.39, 0.29) is 5.56 Å². The van der Waals surface area contributed by atoms with E-state index >= 15 is 0 Å². The Hall–Kier alpha value is -0.680. The summed E-state index contributed by atoms with van der Waals surface area (Å²) >= 11 is 16.8. The van der Waals surface area contributed by atoms with E-state index in [2.05, 4.69) is 15.9 Å². The van der Waals surface area contributed by atoms with Gasteiger partial charge in [-0.15, -0.1) is 11.8 Å². The summed E-state index contributed by atoms with van der Waals surface area (Å²) in [6.45, 7) is 0. The van der Waals surface area contributed by atoms with E-state index in [0.29, 0.717) is 20.7 Å². The highest BCUT2D eigenvalue weighted by Gasteiger charge is 2.12. The molecule has 0 saturated heterocycles. The minimum atomic E-state index is -0.947. The second kappa shape index (κ2) is 6.85. The van der Waals surface area contributed by atoms with Gasteiger partial charge in [0.15, 0.2) is 0 Å². The van der Waals surface area contributed by atoms with Gasteiger partial charge in [-0.3, -0.25) is 0 Å². The molecule has 0 bridgehead atoms. The van der Waals surface area contributed by atoms with Crippen molar-refractivity contribution in [3.05, 3.63) is 62.0 Å². The minimum Gasteiger partial charge on any atom is -0.478 e. The van der Waals surface area contributed by atoms with Crippen LogP contribution in [0.15, 0.2) is 45.8 Å². The van der Waals surface area contributed by atoms with Crippen LogP contribution in [0.2, 0.25) is 10.0 Å². The van der Waals surface area contributed by atoms with E-state index in [1.807, 2.05) is 0 Å². The van der Waals surface area contributed by atoms with Crippen molar-refractivity contribution in [3.63, 3.8) is 0 Å². The van der Waals surface area contributed by atoms with E-state index in [1.54, 1.807) is 36.4 Å². The highest BCUT2D eigenvalue weighted by Crippen LogP contribution is 2.32. The first kappa shape index (κ1) is 15.7. The summed E-state index contributed by atoms with van der Waals surface area (Å²) in [5.74, 6) is -0.395. The van der Waals surface area contributed by atoms with Gasteiger partial charge in [0, 0.05) is 25.2 Å². The minimum absolute atomic E-state index is 0.274. The topological polar surface area (TPSA) is 37.3 Å². The molecule has 0 radical (unpaired) electrons. The monoisotopic (exact) mass is 390 g/mol. The zero-order chi connectivity index (χ0) is 14.7. The molecule has 0 aliphatic carbocycles. The molecule has 0 fully saturated rings. The van der Waals surface area contributed by atoms with Crippen LogP contribution >= 0.6 is 50.9 Å². The Morgan fingerprint density at radius 1 is 1.20 bits per heavy atom. The molecular formula is C14H9BrCl2O2S. The lowest BCUT2D eigenvalue weighted by atomic mass is 10.2. The highest BCUT2D eigenvalue weighted by atomic mass is 79.9. The number of carboxylic acids is 1. The zero-order valence-corrected chi connectivity index (χ0v) is 14.0. The van der Waals surface area contributed by atoms with Crippen LogP contribution in [0.25, 0.3) is 0 Å². The number of carboxylic acid groups (broad SMARTS) is 1. The van der Waals surface area contributed by atoms with Crippen LogP contribution in [0.4, 0.5) is 0 Å². The standard InChI is InChI=1S/C14H9BrCl2O2S/c15-9-1-3-11(14(18)19)13(6-9)20-7-8-5-10(16)2-4-12(8)17/h1-6H,7H2,(H,18,19). The fourth-order valence-electron chi connectivity index (χ4n) is 1.60. The zero-order valence-electron chi connectivity index (χ0n) is 10.1. The summed E-state index contributed by atoms with van der Waals surface area (Å²) in [7, 11) is 0. The molecule has 0 amide bonds. The summed E-state index contributed by atoms with van der Waals surface area (Å²) in [6, 6.07) is 10.3. The summed E-state index contributed by atoms with van der Waals surface area (Å²) < 4.78 is 0.835. The van der Waals surface area contributed by atoms with E-state index in [1.165, 1.54) is 11.8 Å². The van der Waals surface area contributed by atoms with Gasteiger partial charge in [-0.2, -0.15) is 0 Å². The first-order valence-corrected chi connectivity index (χ1v) is 8.10. The maximum absolute atomic E-state index is 11.2. The summed E-state index contributed by atoms with van der Waals surface area (Å²) in [4.78, 5) is 11.9. The number of hydrogen-bond donors (Lipinski definition) is 1. The molecule has 6 heteroatoms. The molecule has 0 spiro atoms. The molecular weight excluding hydrogens is 383 g/mol. The predicted octanol–water partition coefficient (Wildman–Crippen LogP) is 5.75. The molecule has 2 aromatic carbocycles. The molecule has 2 aromatic rings. The normalized spacial score (nSPS) is 10.6. The van der Waals surface area contributed by atoms with Crippen molar-refractivity contribution in [2.75, 3.05) is 0 Å². The number of thioether (sulfide) groups is 1. The molecule has 0 aliphatic rings. The van der Waals surface area contributed by atoms with Gasteiger partial charge in [0.05, 0.1) is 5.56 Å². The Kier molecular flexibility index (Phi) is 5.38. The number of benzene rings is 2. The number of aromatic carboxylic acids is 1. The summed E-state index contributed by atoms with van der Waals surface area (Å²) in [6.07, 6.45) is 0. The van der Waals surface area contributed by atoms with Gasteiger partial charge in [0.2, 0.25) is 0 Å². The van der Waals surface area contributed by atoms with Crippen molar-refractivity contribution in [1.82, 2.24) is 0 Å². The molecule has 0 aliphatic heterocycles. The summed E-state index contributed by atoms with van der Waals surface area (Å²) in [5.41, 5.74) is 1.15. The Balaban J connectivity index is 2.24. The van der Waals surface area contributed by atoms with Crippen molar-refractivity contribution in [2.24, 2.45) is 0 Å². The Bertz CT molecular complexity index is 662. The lowest BCUT2D eigenvalue weighted by Crippen LogP contribution is -1.98. The lowest BCUT2D eigenvalue weighted by Gasteiger charge is -2.08. The van der Waals surface area contributed by atoms with Gasteiger partial charge < -0.3 is 5.11 Å². The van der Waals surface area contributed by atoms with Crippen molar-refractivity contribution in [2.45, 2.75) is 10.6 Å². The molecule has 0 saturated carbocycles. The van der Waals surface area contributed by atoms with Crippen LogP contribution in [-0.2, 0) is 5.75 Å². The number of carbonyl (C=O) groups is 1. The van der Waals surface area contributed by atoms with Crippen LogP contribution in [-0.4, -0.2) is 11.1 Å². The van der Waals surface area contributed by atoms with E-state index in [4.69, 9.17) is 23.2 Å². The SMILES string of the molecule is O=C(O)c1ccc(Br)cc1SCc1cc(Cl)ccc1Cl. The van der Waals surface area contributed by atoms with E-state index in [0.717, 1.165) is 10.0 Å². The third-order valence-corrected chi connectivity index (χ3v) is 4.77. The molecule has 0 heterocycles. The van der Waals surface area contributed by atoms with Gasteiger partial charge in [0.1, 0.15) is 0 Å². The highest BCUT2D eigenvalue weighted by molar-refractivity contribution is 9.10. The van der Waals surface area contributed by atoms with E-state index < -0.39 is 5.97 Å². The number of rotatable bonds is 4. The molecule has 2 nitrogen and oxygen atoms in total. The number of hydrogen-bond acceptors (Lipinski definition) is 2. The molecule has 0 unspecified atom stereocenters. The van der Waals surface area contributed by atoms with E-state index in [9.17, 15) is 9.90 Å². The summed E-state index contributed by atoms with van der Waals surface area (Å²) in [5, 5.41) is 10.4. The van der Waals surface area contributed by atoms with Gasteiger partial charge in [-0.1, -0.05) is 39.1 Å². The lowest BCUT2D eigenvalue weighted by molar-refractivity contribution is 0.0693. The van der Waals surface area contributed by atoms with Crippen molar-refractivity contribution in [1.29, 1.82) is 0 Å². The van der Waals surface area contributed by atoms with Gasteiger partial charge in [-0.25, -0.2) is 4.79 Å². The Labute approximate surface area is 139 Å². The Morgan fingerprint density at radius 3 is 2.65 bits per heavy atom. The second-order valence-corrected chi connectivity index (χ2v) is 6.75. The predicted molar refractivity (Wildman–Crippen MR) is 87.1 cm³/mol. The third kappa shape index (κ3) is 3.92. The van der Waals surface area contributed by atoms with Crippen LogP contribution in [0, 0.1) is 0 Å². The maximum atomic E-state index is 11.2. The maximum Gasteiger partial charge on any atom is 0.336 e. The second-order valence-electron chi connectivity index (χ2n) is 3.97. The fraction of sp³-hybridized carbons (Fsp3) is 0.0714. The molecule has 0 atom stereocenters. The molecule has 0 aromatic heterocycles. The molecule has 104 valence electrons. The third-order valence-electron chi connectivity index (χ3n) is 2.57. The Morgan fingerprint density at radius 2 is 1.95 bits per heavy atom. The van der Waals surface area contributed by atoms with Gasteiger partial charge in [0.25, 0.3) is 0 Å². The van der Waals surface area contributed by atoms with Crippen molar-refractivity contribution in [3.8, 4) is 0 Å². The smallest absolute Gasteiger partial charge is 0.336 e. The number of halogens is 3. The molecule has 2 rings (SSSR count). The van der Waals surface area contributed by atoms with Crippen LogP contribution in [0.1, 0.15) is 15.9 Å². The van der Waals surface area contributed by atoms with Gasteiger partial charge >= 0.3 is 5.97 Å². The van der Waals surface area contributed by atoms with Gasteiger partial charge in [-0.05, 0) is 42.0 Å². The molecule has 1 N–H and O–H groups in total. The first-order chi connectivity index (χ1) is 9.47. The van der Waals surface area contributed by atoms with Crippen molar-refractivity contribution >= 4 is 56.9 Å². The fourth-order valence-corrected chi connectivity index (χ4v) is 3.64. The quantitative estimate of drug-likeness (QED) is 0.674. The van der Waals surface area contributed by atoms with Crippen LogP contribution in [0.5, 0.6) is 0 Å². The largest absolute Gasteiger partial charge is 0.478 e. The van der Waals surface area contributed by atoms with Crippen LogP contribution in [0.3, 0.4) is 0 Å².